The van der Waals surface area contributed by atoms with Gasteiger partial charge in [0.15, 0.2) is 0 Å². The lowest BCUT2D eigenvalue weighted by Crippen LogP contribution is -2.40. The van der Waals surface area contributed by atoms with Crippen molar-refractivity contribution in [2.75, 3.05) is 13.2 Å². The maximum absolute atomic E-state index is 12.6. The Morgan fingerprint density at radius 3 is 1.65 bits per heavy atom. The fourth-order valence-electron chi connectivity index (χ4n) is 2.45. The highest BCUT2D eigenvalue weighted by Crippen LogP contribution is 2.14. The Balaban J connectivity index is 1.96. The molecule has 2 unspecified atom stereocenters. The van der Waals surface area contributed by atoms with Gasteiger partial charge in [-0.15, -0.1) is 0 Å². The molecule has 0 amide bonds. The minimum atomic E-state index is -0.142. The van der Waals surface area contributed by atoms with Crippen LogP contribution in [-0.2, 0) is 22.6 Å². The van der Waals surface area contributed by atoms with E-state index in [0.29, 0.717) is 37.1 Å². The van der Waals surface area contributed by atoms with Crippen molar-refractivity contribution in [2.45, 2.75) is 25.3 Å². The highest BCUT2D eigenvalue weighted by atomic mass is 16.6. The van der Waals surface area contributed by atoms with Crippen LogP contribution in [0.15, 0.2) is 33.9 Å². The van der Waals surface area contributed by atoms with Crippen molar-refractivity contribution in [1.82, 2.24) is 9.36 Å². The summed E-state index contributed by atoms with van der Waals surface area (Å²) in [6.07, 6.45) is 0.0827. The highest BCUT2D eigenvalue weighted by Gasteiger charge is 2.29. The third-order valence-electron chi connectivity index (χ3n) is 3.71. The molecule has 0 saturated carbocycles. The van der Waals surface area contributed by atoms with Crippen molar-refractivity contribution >= 4 is 10.8 Å². The molecule has 20 heavy (non-hydrogen) atoms. The van der Waals surface area contributed by atoms with Gasteiger partial charge < -0.3 is 9.47 Å². The van der Waals surface area contributed by atoms with Crippen molar-refractivity contribution in [3.63, 3.8) is 0 Å². The van der Waals surface area contributed by atoms with E-state index < -0.39 is 0 Å². The number of benzene rings is 1. The van der Waals surface area contributed by atoms with Gasteiger partial charge in [0.1, 0.15) is 12.2 Å². The van der Waals surface area contributed by atoms with Gasteiger partial charge in [-0.05, 0) is 12.1 Å². The van der Waals surface area contributed by atoms with Gasteiger partial charge in [-0.3, -0.25) is 9.59 Å². The van der Waals surface area contributed by atoms with Crippen LogP contribution in [0.1, 0.15) is 0 Å². The molecule has 2 aliphatic rings. The van der Waals surface area contributed by atoms with E-state index in [2.05, 4.69) is 0 Å². The van der Waals surface area contributed by atoms with Crippen LogP contribution in [-0.4, -0.2) is 34.8 Å². The Labute approximate surface area is 114 Å². The van der Waals surface area contributed by atoms with Crippen LogP contribution in [0, 0.1) is 0 Å². The lowest BCUT2D eigenvalue weighted by atomic mass is 10.2. The lowest BCUT2D eigenvalue weighted by molar-refractivity contribution is 0.308. The SMILES string of the molecule is O=c1c2ccccc2c(=O)n(CC2CO2)n1CC1CO1. The third-order valence-corrected chi connectivity index (χ3v) is 3.71. The summed E-state index contributed by atoms with van der Waals surface area (Å²) >= 11 is 0. The molecule has 4 rings (SSSR count). The molecule has 3 heterocycles. The predicted octanol–water partition coefficient (Wildman–Crippen LogP) is -0.0392. The van der Waals surface area contributed by atoms with Crippen molar-refractivity contribution in [1.29, 1.82) is 0 Å². The van der Waals surface area contributed by atoms with E-state index >= 15 is 0 Å². The molecule has 0 spiro atoms. The number of ether oxygens (including phenoxy) is 2. The molecule has 6 nitrogen and oxygen atoms in total. The summed E-state index contributed by atoms with van der Waals surface area (Å²) in [7, 11) is 0. The van der Waals surface area contributed by atoms with E-state index in [1.54, 1.807) is 24.3 Å². The minimum Gasteiger partial charge on any atom is -0.371 e. The van der Waals surface area contributed by atoms with E-state index in [-0.39, 0.29) is 23.3 Å². The molecular formula is C14H14N2O4. The maximum Gasteiger partial charge on any atom is 0.273 e. The van der Waals surface area contributed by atoms with Gasteiger partial charge in [0.2, 0.25) is 0 Å². The van der Waals surface area contributed by atoms with Crippen molar-refractivity contribution in [3.8, 4) is 0 Å². The number of hydrogen-bond acceptors (Lipinski definition) is 4. The second kappa shape index (κ2) is 4.29. The third kappa shape index (κ3) is 1.97. The smallest absolute Gasteiger partial charge is 0.273 e. The maximum atomic E-state index is 12.6. The predicted molar refractivity (Wildman–Crippen MR) is 71.9 cm³/mol. The molecule has 2 aromatic rings. The Hall–Kier alpha value is -1.92. The zero-order valence-corrected chi connectivity index (χ0v) is 10.8. The highest BCUT2D eigenvalue weighted by molar-refractivity contribution is 5.80. The standard InChI is InChI=1S/C14H14N2O4/c17-13-11-3-1-2-4-12(11)14(18)16(6-10-8-20-10)15(13)5-9-7-19-9/h1-4,9-10H,5-8H2. The van der Waals surface area contributed by atoms with Crippen LogP contribution in [0.3, 0.4) is 0 Å². The summed E-state index contributed by atoms with van der Waals surface area (Å²) < 4.78 is 13.4. The number of aromatic nitrogens is 2. The van der Waals surface area contributed by atoms with Gasteiger partial charge >= 0.3 is 0 Å². The Morgan fingerprint density at radius 1 is 0.900 bits per heavy atom. The normalized spacial score (nSPS) is 24.0. The van der Waals surface area contributed by atoms with Gasteiger partial charge in [-0.2, -0.15) is 0 Å². The average Bonchev–Trinajstić information content (AvgIpc) is 3.35. The Morgan fingerprint density at radius 2 is 1.30 bits per heavy atom. The van der Waals surface area contributed by atoms with Crippen LogP contribution in [0.2, 0.25) is 0 Å². The largest absolute Gasteiger partial charge is 0.371 e. The van der Waals surface area contributed by atoms with Gasteiger partial charge in [-0.25, -0.2) is 9.36 Å². The molecular weight excluding hydrogens is 260 g/mol. The van der Waals surface area contributed by atoms with E-state index in [1.807, 2.05) is 0 Å². The van der Waals surface area contributed by atoms with Crippen LogP contribution in [0.4, 0.5) is 0 Å². The first-order valence-corrected chi connectivity index (χ1v) is 6.70. The second-order valence-electron chi connectivity index (χ2n) is 5.23. The van der Waals surface area contributed by atoms with Crippen LogP contribution >= 0.6 is 0 Å². The average molecular weight is 274 g/mol. The zero-order chi connectivity index (χ0) is 13.7. The number of hydrogen-bond donors (Lipinski definition) is 0. The molecule has 0 aliphatic carbocycles. The molecule has 0 radical (unpaired) electrons. The Bertz CT molecular complexity index is 717. The lowest BCUT2D eigenvalue weighted by Gasteiger charge is -2.15. The van der Waals surface area contributed by atoms with Crippen LogP contribution in [0.25, 0.3) is 10.8 Å². The number of nitrogens with zero attached hydrogens (tertiary/aromatic N) is 2. The molecule has 0 bridgehead atoms. The number of epoxide rings is 2. The molecule has 2 saturated heterocycles. The summed E-state index contributed by atoms with van der Waals surface area (Å²) in [5.41, 5.74) is -0.285. The second-order valence-corrected chi connectivity index (χ2v) is 5.23. The molecule has 0 N–H and O–H groups in total. The van der Waals surface area contributed by atoms with Crippen molar-refractivity contribution in [3.05, 3.63) is 45.0 Å². The van der Waals surface area contributed by atoms with Gasteiger partial charge in [0.05, 0.1) is 37.1 Å². The fraction of sp³-hybridized carbons (Fsp3) is 0.429. The van der Waals surface area contributed by atoms with Crippen molar-refractivity contribution in [2.24, 2.45) is 0 Å². The molecule has 2 aliphatic heterocycles. The van der Waals surface area contributed by atoms with Gasteiger partial charge in [0.25, 0.3) is 11.1 Å². The first-order chi connectivity index (χ1) is 9.74. The van der Waals surface area contributed by atoms with E-state index in [0.717, 1.165) is 0 Å². The quantitative estimate of drug-likeness (QED) is 0.734. The van der Waals surface area contributed by atoms with E-state index in [4.69, 9.17) is 9.47 Å². The summed E-state index contributed by atoms with van der Waals surface area (Å²) in [6.45, 7) is 2.14. The van der Waals surface area contributed by atoms with Gasteiger partial charge in [-0.1, -0.05) is 12.1 Å². The summed E-state index contributed by atoms with van der Waals surface area (Å²) in [4.78, 5) is 25.1. The fourth-order valence-corrected chi connectivity index (χ4v) is 2.45. The zero-order valence-electron chi connectivity index (χ0n) is 10.8. The van der Waals surface area contributed by atoms with Crippen LogP contribution in [0.5, 0.6) is 0 Å². The van der Waals surface area contributed by atoms with E-state index in [1.165, 1.54) is 9.36 Å². The topological polar surface area (TPSA) is 69.1 Å². The van der Waals surface area contributed by atoms with Gasteiger partial charge in [0, 0.05) is 0 Å². The summed E-state index contributed by atoms with van der Waals surface area (Å²) in [5.74, 6) is 0. The monoisotopic (exact) mass is 274 g/mol. The molecule has 1 aromatic carbocycles. The molecule has 104 valence electrons. The van der Waals surface area contributed by atoms with Crippen molar-refractivity contribution < 1.29 is 9.47 Å². The molecule has 2 fully saturated rings. The molecule has 2 atom stereocenters. The number of fused-ring (bicyclic) bond motifs is 1. The minimum absolute atomic E-state index is 0.0413. The first kappa shape index (κ1) is 11.9. The first-order valence-electron chi connectivity index (χ1n) is 6.70. The molecule has 1 aromatic heterocycles. The van der Waals surface area contributed by atoms with E-state index in [9.17, 15) is 9.59 Å². The summed E-state index contributed by atoms with van der Waals surface area (Å²) in [5, 5.41) is 0.928. The Kier molecular flexibility index (Phi) is 2.55. The number of rotatable bonds is 4. The molecule has 6 heteroatoms. The van der Waals surface area contributed by atoms with Crippen LogP contribution < -0.4 is 11.1 Å². The summed E-state index contributed by atoms with van der Waals surface area (Å²) in [6, 6.07) is 6.94.